The number of carbonyl (C=O) groups is 2. The minimum atomic E-state index is -0.441. The van der Waals surface area contributed by atoms with Crippen LogP contribution in [0.25, 0.3) is 11.6 Å². The zero-order valence-electron chi connectivity index (χ0n) is 17.4. The van der Waals surface area contributed by atoms with Gasteiger partial charge >= 0.3 is 0 Å². The lowest BCUT2D eigenvalue weighted by molar-refractivity contribution is -0.110. The molecule has 8 heteroatoms. The maximum absolute atomic E-state index is 13.7. The third-order valence-electron chi connectivity index (χ3n) is 5.41. The zero-order valence-corrected chi connectivity index (χ0v) is 17.4. The monoisotopic (exact) mass is 414 g/mol. The van der Waals surface area contributed by atoms with Crippen LogP contribution in [0.4, 0.5) is 10.1 Å². The Hall–Kier alpha value is -2.97. The minimum absolute atomic E-state index is 0.285. The van der Waals surface area contributed by atoms with E-state index in [-0.39, 0.29) is 18.4 Å². The van der Waals surface area contributed by atoms with E-state index in [1.54, 1.807) is 13.0 Å². The van der Waals surface area contributed by atoms with Crippen molar-refractivity contribution in [3.05, 3.63) is 52.1 Å². The number of hydrogen-bond donors (Lipinski definition) is 4. The Kier molecular flexibility index (Phi) is 6.69. The molecular formula is C22H27FN4O3. The molecule has 4 N–H and O–H groups in total. The summed E-state index contributed by atoms with van der Waals surface area (Å²) in [6.07, 6.45) is 1.59. The summed E-state index contributed by atoms with van der Waals surface area (Å²) in [5, 5.41) is 15.3. The van der Waals surface area contributed by atoms with Crippen LogP contribution in [0.2, 0.25) is 0 Å². The molecule has 7 nitrogen and oxygen atoms in total. The molecule has 0 saturated heterocycles. The average molecular weight is 414 g/mol. The minimum Gasteiger partial charge on any atom is -0.390 e. The van der Waals surface area contributed by atoms with E-state index >= 15 is 0 Å². The first-order chi connectivity index (χ1) is 14.4. The Labute approximate surface area is 175 Å². The van der Waals surface area contributed by atoms with E-state index < -0.39 is 5.82 Å². The number of likely N-dealkylation sites (N-methyl/N-ethyl adjacent to an activating group) is 1. The van der Waals surface area contributed by atoms with Crippen LogP contribution in [-0.4, -0.2) is 53.0 Å². The number of anilines is 1. The van der Waals surface area contributed by atoms with E-state index in [0.717, 1.165) is 19.6 Å². The van der Waals surface area contributed by atoms with Crippen molar-refractivity contribution in [3.63, 3.8) is 0 Å². The third-order valence-corrected chi connectivity index (χ3v) is 5.41. The van der Waals surface area contributed by atoms with Gasteiger partial charge in [-0.15, -0.1) is 0 Å². The smallest absolute Gasteiger partial charge is 0.256 e. The van der Waals surface area contributed by atoms with E-state index in [0.29, 0.717) is 45.9 Å². The van der Waals surface area contributed by atoms with E-state index in [9.17, 15) is 19.1 Å². The van der Waals surface area contributed by atoms with Crippen molar-refractivity contribution in [2.24, 2.45) is 0 Å². The molecule has 30 heavy (non-hydrogen) atoms. The van der Waals surface area contributed by atoms with Gasteiger partial charge in [0.15, 0.2) is 0 Å². The van der Waals surface area contributed by atoms with Gasteiger partial charge in [0.25, 0.3) is 11.8 Å². The summed E-state index contributed by atoms with van der Waals surface area (Å²) in [6, 6.07) is 4.09. The number of aliphatic hydroxyl groups is 1. The molecule has 0 radical (unpaired) electrons. The predicted molar refractivity (Wildman–Crippen MR) is 114 cm³/mol. The second-order valence-corrected chi connectivity index (χ2v) is 7.16. The highest BCUT2D eigenvalue weighted by Crippen LogP contribution is 2.34. The maximum Gasteiger partial charge on any atom is 0.256 e. The number of hydrogen-bond acceptors (Lipinski definition) is 4. The lowest BCUT2D eigenvalue weighted by Crippen LogP contribution is -2.35. The molecule has 160 valence electrons. The molecule has 0 spiro atoms. The lowest BCUT2D eigenvalue weighted by Gasteiger charge is -2.18. The topological polar surface area (TPSA) is 97.5 Å². The number of benzene rings is 1. The van der Waals surface area contributed by atoms with Gasteiger partial charge in [-0.3, -0.25) is 9.59 Å². The molecule has 3 rings (SSSR count). The fourth-order valence-electron chi connectivity index (χ4n) is 3.65. The average Bonchev–Trinajstić information content (AvgIpc) is 3.21. The quantitative estimate of drug-likeness (QED) is 0.499. The number of fused-ring (bicyclic) bond motifs is 1. The molecule has 1 aromatic heterocycles. The van der Waals surface area contributed by atoms with Gasteiger partial charge in [-0.25, -0.2) is 4.39 Å². The molecule has 0 atom stereocenters. The number of aromatic amines is 1. The van der Waals surface area contributed by atoms with Crippen molar-refractivity contribution in [1.82, 2.24) is 15.2 Å². The first-order valence-electron chi connectivity index (χ1n) is 10.0. The summed E-state index contributed by atoms with van der Waals surface area (Å²) in [6.45, 7) is 8.56. The van der Waals surface area contributed by atoms with Crippen molar-refractivity contribution < 1.29 is 19.1 Å². The van der Waals surface area contributed by atoms with Crippen LogP contribution >= 0.6 is 0 Å². The van der Waals surface area contributed by atoms with Crippen molar-refractivity contribution >= 4 is 29.2 Å². The predicted octanol–water partition coefficient (Wildman–Crippen LogP) is 2.52. The molecule has 0 saturated carbocycles. The Balaban J connectivity index is 1.88. The molecule has 2 aromatic rings. The number of rotatable bonds is 8. The highest BCUT2D eigenvalue weighted by Gasteiger charge is 2.26. The molecule has 2 heterocycles. The number of amides is 2. The Morgan fingerprint density at radius 1 is 1.30 bits per heavy atom. The van der Waals surface area contributed by atoms with Gasteiger partial charge < -0.3 is 25.6 Å². The molecule has 0 aliphatic carbocycles. The second kappa shape index (κ2) is 9.23. The molecule has 1 aromatic carbocycles. The molecule has 0 bridgehead atoms. The SMILES string of the molecule is CCN(CC)CCNC(=O)c1c(CO)[nH]c(C=C2C(=O)Nc3ccc(F)cc32)c1C. The zero-order chi connectivity index (χ0) is 21.8. The van der Waals surface area contributed by atoms with Gasteiger partial charge in [0.2, 0.25) is 0 Å². The van der Waals surface area contributed by atoms with Crippen molar-refractivity contribution in [2.45, 2.75) is 27.4 Å². The lowest BCUT2D eigenvalue weighted by atomic mass is 10.0. The highest BCUT2D eigenvalue weighted by molar-refractivity contribution is 6.34. The fourth-order valence-corrected chi connectivity index (χ4v) is 3.65. The van der Waals surface area contributed by atoms with Crippen LogP contribution in [0.1, 0.15) is 46.7 Å². The van der Waals surface area contributed by atoms with Gasteiger partial charge in [-0.1, -0.05) is 13.8 Å². The Bertz CT molecular complexity index is 993. The van der Waals surface area contributed by atoms with E-state index in [4.69, 9.17) is 0 Å². The summed E-state index contributed by atoms with van der Waals surface area (Å²) in [5.74, 6) is -1.07. The van der Waals surface area contributed by atoms with Crippen LogP contribution in [0.5, 0.6) is 0 Å². The summed E-state index contributed by atoms with van der Waals surface area (Å²) in [7, 11) is 0. The largest absolute Gasteiger partial charge is 0.390 e. The number of carbonyl (C=O) groups excluding carboxylic acids is 2. The first kappa shape index (κ1) is 21.7. The molecule has 0 fully saturated rings. The molecule has 0 unspecified atom stereocenters. The van der Waals surface area contributed by atoms with Gasteiger partial charge in [0, 0.05) is 30.0 Å². The number of nitrogens with zero attached hydrogens (tertiary/aromatic N) is 1. The van der Waals surface area contributed by atoms with Crippen molar-refractivity contribution in [2.75, 3.05) is 31.5 Å². The van der Waals surface area contributed by atoms with Crippen LogP contribution in [0.3, 0.4) is 0 Å². The first-order valence-corrected chi connectivity index (χ1v) is 10.0. The van der Waals surface area contributed by atoms with Crippen LogP contribution in [0, 0.1) is 12.7 Å². The van der Waals surface area contributed by atoms with Crippen molar-refractivity contribution in [3.8, 4) is 0 Å². The van der Waals surface area contributed by atoms with Gasteiger partial charge in [-0.05, 0) is 49.9 Å². The van der Waals surface area contributed by atoms with E-state index in [2.05, 4.69) is 34.4 Å². The standard InChI is InChI=1S/C22H27FN4O3/c1-4-27(5-2)9-8-24-22(30)20-13(3)18(25-19(20)12-28)11-16-15-10-14(23)6-7-17(15)26-21(16)29/h6-7,10-11,25,28H,4-5,8-9,12H2,1-3H3,(H,24,30)(H,26,29). The normalized spacial score (nSPS) is 14.3. The summed E-state index contributed by atoms with van der Waals surface area (Å²) < 4.78 is 13.7. The van der Waals surface area contributed by atoms with Crippen molar-refractivity contribution in [1.29, 1.82) is 0 Å². The highest BCUT2D eigenvalue weighted by atomic mass is 19.1. The number of nitrogens with one attached hydrogen (secondary N) is 3. The maximum atomic E-state index is 13.7. The number of halogens is 1. The van der Waals surface area contributed by atoms with Crippen LogP contribution < -0.4 is 10.6 Å². The van der Waals surface area contributed by atoms with Crippen LogP contribution in [-0.2, 0) is 11.4 Å². The van der Waals surface area contributed by atoms with Gasteiger partial charge in [0.05, 0.1) is 23.4 Å². The summed E-state index contributed by atoms with van der Waals surface area (Å²) in [5.41, 5.74) is 3.17. The molecular weight excluding hydrogens is 387 g/mol. The number of H-pyrrole nitrogens is 1. The summed E-state index contributed by atoms with van der Waals surface area (Å²) >= 11 is 0. The number of aliphatic hydroxyl groups excluding tert-OH is 1. The second-order valence-electron chi connectivity index (χ2n) is 7.16. The Morgan fingerprint density at radius 3 is 2.70 bits per heavy atom. The molecule has 1 aliphatic heterocycles. The van der Waals surface area contributed by atoms with E-state index in [1.165, 1.54) is 18.2 Å². The van der Waals surface area contributed by atoms with Gasteiger partial charge in [0.1, 0.15) is 5.82 Å². The fraction of sp³-hybridized carbons (Fsp3) is 0.364. The molecule has 1 aliphatic rings. The van der Waals surface area contributed by atoms with E-state index in [1.807, 2.05) is 0 Å². The molecule has 2 amide bonds. The third kappa shape index (κ3) is 4.29. The van der Waals surface area contributed by atoms with Gasteiger partial charge in [-0.2, -0.15) is 0 Å². The number of aromatic nitrogens is 1. The van der Waals surface area contributed by atoms with Crippen LogP contribution in [0.15, 0.2) is 18.2 Å². The summed E-state index contributed by atoms with van der Waals surface area (Å²) in [4.78, 5) is 30.3. The Morgan fingerprint density at radius 2 is 2.03 bits per heavy atom.